The number of rotatable bonds is 2. The fraction of sp³-hybridized carbons (Fsp3) is 0.643. The van der Waals surface area contributed by atoms with Gasteiger partial charge in [0.1, 0.15) is 6.67 Å². The van der Waals surface area contributed by atoms with Gasteiger partial charge in [0.15, 0.2) is 5.78 Å². The van der Waals surface area contributed by atoms with Crippen LogP contribution in [-0.2, 0) is 16.0 Å². The van der Waals surface area contributed by atoms with Crippen molar-refractivity contribution in [2.75, 3.05) is 20.3 Å². The van der Waals surface area contributed by atoms with E-state index in [0.29, 0.717) is 35.1 Å². The third kappa shape index (κ3) is 2.56. The summed E-state index contributed by atoms with van der Waals surface area (Å²) in [7, 11) is 1.80. The molecule has 1 aromatic heterocycles. The first-order valence-corrected chi connectivity index (χ1v) is 8.09. The van der Waals surface area contributed by atoms with Gasteiger partial charge in [0.2, 0.25) is 0 Å². The molecule has 1 fully saturated rings. The van der Waals surface area contributed by atoms with E-state index in [4.69, 9.17) is 4.74 Å². The zero-order valence-electron chi connectivity index (χ0n) is 12.9. The lowest BCUT2D eigenvalue weighted by Gasteiger charge is -2.38. The number of ketones is 1. The van der Waals surface area contributed by atoms with Gasteiger partial charge in [-0.15, -0.1) is 0 Å². The second-order valence-electron chi connectivity index (χ2n) is 6.25. The van der Waals surface area contributed by atoms with E-state index in [-0.39, 0.29) is 18.4 Å². The highest BCUT2D eigenvalue weighted by Gasteiger charge is 2.45. The Balaban J connectivity index is 1.97. The number of thiazole rings is 1. The van der Waals surface area contributed by atoms with Crippen molar-refractivity contribution in [1.82, 2.24) is 14.5 Å². The fourth-order valence-corrected chi connectivity index (χ4v) is 4.18. The van der Waals surface area contributed by atoms with E-state index in [2.05, 4.69) is 4.98 Å². The topological polar surface area (TPSA) is 82.6 Å². The molecule has 3 rings (SSSR count). The Hall–Kier alpha value is -1.35. The van der Waals surface area contributed by atoms with Crippen molar-refractivity contribution < 1.29 is 14.3 Å². The molecule has 1 saturated heterocycles. The number of likely N-dealkylation sites (N-methyl/N-ethyl adjacent to an activating group) is 1. The quantitative estimate of drug-likeness (QED) is 0.466. The van der Waals surface area contributed by atoms with E-state index < -0.39 is 16.8 Å². The number of carbonyl (C=O) groups is 2. The smallest absolute Gasteiger partial charge is 0.307 e. The number of hydroxylamine groups is 2. The van der Waals surface area contributed by atoms with Gasteiger partial charge in [-0.3, -0.25) is 14.2 Å². The van der Waals surface area contributed by atoms with E-state index in [0.717, 1.165) is 11.3 Å². The third-order valence-corrected chi connectivity index (χ3v) is 5.28. The lowest BCUT2D eigenvalue weighted by molar-refractivity contribution is -0.150. The predicted octanol–water partition coefficient (Wildman–Crippen LogP) is 1.51. The van der Waals surface area contributed by atoms with Crippen LogP contribution in [0.3, 0.4) is 0 Å². The number of hydrogen-bond acceptors (Lipinski definition) is 7. The molecule has 22 heavy (non-hydrogen) atoms. The molecule has 0 bridgehead atoms. The van der Waals surface area contributed by atoms with E-state index in [1.807, 2.05) is 11.8 Å². The highest BCUT2D eigenvalue weighted by Crippen LogP contribution is 2.39. The van der Waals surface area contributed by atoms with Crippen LogP contribution >= 0.6 is 11.3 Å². The van der Waals surface area contributed by atoms with Crippen molar-refractivity contribution in [2.24, 2.45) is 5.92 Å². The summed E-state index contributed by atoms with van der Waals surface area (Å²) in [5.74, 6) is -0.175. The molecule has 0 radical (unpaired) electrons. The van der Waals surface area contributed by atoms with Gasteiger partial charge in [-0.25, -0.2) is 4.90 Å². The van der Waals surface area contributed by atoms with Gasteiger partial charge in [-0.05, 0) is 19.4 Å². The van der Waals surface area contributed by atoms with Crippen LogP contribution in [0, 0.1) is 11.1 Å². The van der Waals surface area contributed by atoms with Crippen molar-refractivity contribution in [3.05, 3.63) is 15.8 Å². The summed E-state index contributed by atoms with van der Waals surface area (Å²) in [5.41, 5.74) is 0.716. The molecule has 0 amide bonds. The Bertz CT molecular complexity index is 632. The average Bonchev–Trinajstić information content (AvgIpc) is 2.92. The Morgan fingerprint density at radius 3 is 2.91 bits per heavy atom. The average molecular weight is 325 g/mol. The van der Waals surface area contributed by atoms with Crippen LogP contribution in [0.2, 0.25) is 0 Å². The molecule has 0 N–H and O–H groups in total. The van der Waals surface area contributed by atoms with Crippen LogP contribution in [0.5, 0.6) is 0 Å². The van der Waals surface area contributed by atoms with Crippen molar-refractivity contribution >= 4 is 28.2 Å². The number of Topliss-reactive ketones (excluding diaryl/α,β-unsaturated/α-hetero) is 1. The molecule has 0 saturated carbocycles. The number of carbonyl (C=O) groups excluding carboxylic acids is 2. The summed E-state index contributed by atoms with van der Waals surface area (Å²) < 4.78 is 4.37. The number of quaternary nitrogens is 1. The maximum absolute atomic E-state index is 13.2. The number of nitrogens with zero attached hydrogens (tertiary/aromatic N) is 3. The molecule has 0 aromatic carbocycles. The monoisotopic (exact) mass is 325 g/mol. The first-order valence-electron chi connectivity index (χ1n) is 7.27. The number of fused-ring (bicyclic) bond motifs is 1. The van der Waals surface area contributed by atoms with Gasteiger partial charge in [0.05, 0.1) is 17.1 Å². The van der Waals surface area contributed by atoms with Crippen LogP contribution in [-0.4, -0.2) is 48.1 Å². The van der Waals surface area contributed by atoms with Crippen molar-refractivity contribution in [3.63, 3.8) is 0 Å². The number of aromatic nitrogens is 1. The summed E-state index contributed by atoms with van der Waals surface area (Å²) >= 11 is 1.16. The molecular weight excluding hydrogens is 306 g/mol. The molecule has 8 heteroatoms. The van der Waals surface area contributed by atoms with Crippen LogP contribution in [0.4, 0.5) is 5.13 Å². The molecule has 1 aromatic rings. The zero-order valence-corrected chi connectivity index (χ0v) is 13.7. The number of hydrogen-bond donors (Lipinski definition) is 0. The SMILES string of the molecule is CC(=O)OC1CN(C)C[N+]1([O-])c1nc2c(s1)C(=O)CC(C)C2. The van der Waals surface area contributed by atoms with Gasteiger partial charge >= 0.3 is 5.97 Å². The number of ether oxygens (including phenoxy) is 1. The van der Waals surface area contributed by atoms with Crippen LogP contribution in [0.15, 0.2) is 0 Å². The zero-order chi connectivity index (χ0) is 16.1. The Morgan fingerprint density at radius 1 is 1.50 bits per heavy atom. The second-order valence-corrected chi connectivity index (χ2v) is 7.23. The van der Waals surface area contributed by atoms with Crippen LogP contribution in [0.1, 0.15) is 35.6 Å². The molecule has 3 atom stereocenters. The third-order valence-electron chi connectivity index (χ3n) is 4.03. The minimum absolute atomic E-state index is 0.0562. The molecule has 1 aliphatic heterocycles. The highest BCUT2D eigenvalue weighted by atomic mass is 32.1. The largest absolute Gasteiger partial charge is 0.622 e. The van der Waals surface area contributed by atoms with Gasteiger partial charge < -0.3 is 9.94 Å². The van der Waals surface area contributed by atoms with E-state index >= 15 is 0 Å². The lowest BCUT2D eigenvalue weighted by Crippen LogP contribution is -2.50. The molecule has 0 spiro atoms. The molecular formula is C14H19N3O4S. The Kier molecular flexibility index (Phi) is 3.80. The van der Waals surface area contributed by atoms with E-state index in [9.17, 15) is 14.8 Å². The van der Waals surface area contributed by atoms with E-state index in [1.54, 1.807) is 7.05 Å². The normalized spacial score (nSPS) is 32.1. The first-order chi connectivity index (χ1) is 10.3. The molecule has 3 unspecified atom stereocenters. The Morgan fingerprint density at radius 2 is 2.23 bits per heavy atom. The maximum atomic E-state index is 13.2. The van der Waals surface area contributed by atoms with Crippen molar-refractivity contribution in [3.8, 4) is 0 Å². The summed E-state index contributed by atoms with van der Waals surface area (Å²) in [6.07, 6.45) is 0.384. The van der Waals surface area contributed by atoms with Crippen molar-refractivity contribution in [1.29, 1.82) is 0 Å². The molecule has 120 valence electrons. The lowest BCUT2D eigenvalue weighted by atomic mass is 9.92. The molecule has 1 aliphatic carbocycles. The van der Waals surface area contributed by atoms with Crippen LogP contribution in [0.25, 0.3) is 0 Å². The fourth-order valence-electron chi connectivity index (χ4n) is 3.07. The second kappa shape index (κ2) is 5.38. The van der Waals surface area contributed by atoms with E-state index in [1.165, 1.54) is 6.92 Å². The van der Waals surface area contributed by atoms with Gasteiger partial charge in [0.25, 0.3) is 11.4 Å². The predicted molar refractivity (Wildman–Crippen MR) is 82.1 cm³/mol. The highest BCUT2D eigenvalue weighted by molar-refractivity contribution is 7.17. The maximum Gasteiger partial charge on any atom is 0.307 e. The standard InChI is InChI=1S/C14H19N3O4S/c1-8-4-10-13(11(19)5-8)22-14(15-10)17(20)7-16(3)6-12(17)21-9(2)18/h8,12H,4-7H2,1-3H3. The Labute approximate surface area is 132 Å². The summed E-state index contributed by atoms with van der Waals surface area (Å²) in [5, 5.41) is 13.6. The number of esters is 1. The molecule has 7 nitrogen and oxygen atoms in total. The minimum atomic E-state index is -0.831. The van der Waals surface area contributed by atoms with Gasteiger partial charge in [-0.2, -0.15) is 4.98 Å². The summed E-state index contributed by atoms with van der Waals surface area (Å²) in [6.45, 7) is 3.82. The summed E-state index contributed by atoms with van der Waals surface area (Å²) in [6, 6.07) is 0. The molecule has 2 heterocycles. The minimum Gasteiger partial charge on any atom is -0.622 e. The summed E-state index contributed by atoms with van der Waals surface area (Å²) in [4.78, 5) is 30.2. The van der Waals surface area contributed by atoms with Gasteiger partial charge in [-0.1, -0.05) is 18.3 Å². The van der Waals surface area contributed by atoms with Crippen LogP contribution < -0.4 is 4.65 Å². The van der Waals surface area contributed by atoms with Gasteiger partial charge in [0, 0.05) is 13.3 Å². The first kappa shape index (κ1) is 15.5. The van der Waals surface area contributed by atoms with Crippen molar-refractivity contribution in [2.45, 2.75) is 32.9 Å². The molecule has 2 aliphatic rings.